The summed E-state index contributed by atoms with van der Waals surface area (Å²) >= 11 is 3.45. The molecule has 4 heterocycles. The third-order valence-electron chi connectivity index (χ3n) is 7.52. The van der Waals surface area contributed by atoms with E-state index in [1.165, 1.54) is 0 Å². The molecule has 0 unspecified atom stereocenters. The number of ether oxygens (including phenoxy) is 2. The maximum atomic E-state index is 6.49. The van der Waals surface area contributed by atoms with E-state index in [0.29, 0.717) is 11.6 Å². The van der Waals surface area contributed by atoms with Crippen LogP contribution in [0, 0.1) is 5.41 Å². The minimum absolute atomic E-state index is 0.0720. The quantitative estimate of drug-likeness (QED) is 0.508. The van der Waals surface area contributed by atoms with Gasteiger partial charge in [0.25, 0.3) is 0 Å². The van der Waals surface area contributed by atoms with Crippen LogP contribution in [0.25, 0.3) is 17.0 Å². The maximum Gasteiger partial charge on any atom is 0.163 e. The molecule has 1 saturated carbocycles. The van der Waals surface area contributed by atoms with E-state index >= 15 is 0 Å². The van der Waals surface area contributed by atoms with Crippen LogP contribution in [0.3, 0.4) is 0 Å². The number of benzene rings is 1. The normalized spacial score (nSPS) is 29.3. The van der Waals surface area contributed by atoms with Crippen LogP contribution >= 0.6 is 15.9 Å². The Balaban J connectivity index is 1.33. The minimum atomic E-state index is -0.645. The topological polar surface area (TPSA) is 112 Å². The number of hydrogen-bond acceptors (Lipinski definition) is 8. The first-order valence-corrected chi connectivity index (χ1v) is 12.7. The summed E-state index contributed by atoms with van der Waals surface area (Å²) in [5.41, 5.74) is 14.9. The molecule has 9 heteroatoms. The Hall–Kier alpha value is -2.75. The first kappa shape index (κ1) is 22.7. The van der Waals surface area contributed by atoms with Gasteiger partial charge < -0.3 is 25.8 Å². The standard InChI is InChI=1S/C26H29BrN6O2/c1-25(2)34-20-19(33-9-7-16-22(28)30-13-31-24(16)33)12-26(3,21(20)35-25)8-6-14-4-5-15-11-17(27)23(29)32-18(15)10-14/h4-6,8,10-11,13,19-21H,7,9,12H2,1-3H3,(H2,29,32)(H2,28,30,31)/b8-6+/t19-,20+,21+,26+/m1/s1. The molecule has 2 aliphatic heterocycles. The lowest BCUT2D eigenvalue weighted by molar-refractivity contribution is -0.161. The highest BCUT2D eigenvalue weighted by molar-refractivity contribution is 9.10. The molecular formula is C26H29BrN6O2. The smallest absolute Gasteiger partial charge is 0.163 e. The highest BCUT2D eigenvalue weighted by Crippen LogP contribution is 2.52. The fraction of sp³-hybridized carbons (Fsp3) is 0.423. The summed E-state index contributed by atoms with van der Waals surface area (Å²) < 4.78 is 13.8. The average Bonchev–Trinajstić information content (AvgIpc) is 3.45. The molecule has 1 aromatic carbocycles. The van der Waals surface area contributed by atoms with Crippen molar-refractivity contribution in [2.45, 2.75) is 57.6 Å². The zero-order chi connectivity index (χ0) is 24.5. The second-order valence-corrected chi connectivity index (χ2v) is 11.3. The van der Waals surface area contributed by atoms with E-state index in [0.717, 1.165) is 51.7 Å². The van der Waals surface area contributed by atoms with Crippen LogP contribution in [0.1, 0.15) is 38.3 Å². The van der Waals surface area contributed by atoms with Gasteiger partial charge in [-0.3, -0.25) is 0 Å². The van der Waals surface area contributed by atoms with Crippen LogP contribution in [0.4, 0.5) is 17.5 Å². The number of pyridine rings is 1. The van der Waals surface area contributed by atoms with Gasteiger partial charge in [-0.15, -0.1) is 0 Å². The molecule has 0 amide bonds. The van der Waals surface area contributed by atoms with E-state index in [1.807, 2.05) is 19.9 Å². The molecule has 3 aromatic rings. The number of nitrogens with zero attached hydrogens (tertiary/aromatic N) is 4. The van der Waals surface area contributed by atoms with Gasteiger partial charge in [-0.2, -0.15) is 0 Å². The number of nitrogen functional groups attached to an aromatic ring is 2. The summed E-state index contributed by atoms with van der Waals surface area (Å²) in [5, 5.41) is 1.04. The Bertz CT molecular complexity index is 1360. The van der Waals surface area contributed by atoms with Crippen molar-refractivity contribution in [3.05, 3.63) is 52.3 Å². The van der Waals surface area contributed by atoms with E-state index in [-0.39, 0.29) is 23.7 Å². The fourth-order valence-corrected chi connectivity index (χ4v) is 6.18. The Morgan fingerprint density at radius 2 is 1.94 bits per heavy atom. The molecule has 0 bridgehead atoms. The summed E-state index contributed by atoms with van der Waals surface area (Å²) in [4.78, 5) is 15.6. The lowest BCUT2D eigenvalue weighted by Crippen LogP contribution is -2.43. The van der Waals surface area contributed by atoms with E-state index < -0.39 is 5.79 Å². The molecule has 35 heavy (non-hydrogen) atoms. The summed E-state index contributed by atoms with van der Waals surface area (Å²) in [6.07, 6.45) is 7.55. The molecule has 3 aliphatic rings. The van der Waals surface area contributed by atoms with E-state index in [9.17, 15) is 0 Å². The van der Waals surface area contributed by atoms with Crippen molar-refractivity contribution in [1.29, 1.82) is 0 Å². The van der Waals surface area contributed by atoms with Crippen LogP contribution in [0.15, 0.2) is 41.1 Å². The fourth-order valence-electron chi connectivity index (χ4n) is 5.84. The maximum absolute atomic E-state index is 6.49. The Morgan fingerprint density at radius 3 is 2.77 bits per heavy atom. The second kappa shape index (κ2) is 7.88. The molecule has 8 nitrogen and oxygen atoms in total. The Labute approximate surface area is 212 Å². The van der Waals surface area contributed by atoms with Crippen LogP contribution in [0.2, 0.25) is 0 Å². The van der Waals surface area contributed by atoms with Gasteiger partial charge in [0.15, 0.2) is 5.79 Å². The number of halogens is 1. The summed E-state index contributed by atoms with van der Waals surface area (Å²) in [5.74, 6) is 1.33. The van der Waals surface area contributed by atoms with Gasteiger partial charge in [0, 0.05) is 22.9 Å². The molecule has 1 saturated heterocycles. The molecule has 0 spiro atoms. The van der Waals surface area contributed by atoms with Crippen molar-refractivity contribution >= 4 is 50.4 Å². The van der Waals surface area contributed by atoms with Crippen molar-refractivity contribution < 1.29 is 9.47 Å². The van der Waals surface area contributed by atoms with Gasteiger partial charge >= 0.3 is 0 Å². The zero-order valence-corrected chi connectivity index (χ0v) is 21.6. The van der Waals surface area contributed by atoms with Crippen molar-refractivity contribution in [2.75, 3.05) is 22.9 Å². The summed E-state index contributed by atoms with van der Waals surface area (Å²) in [6, 6.07) is 8.35. The van der Waals surface area contributed by atoms with Crippen molar-refractivity contribution in [3.63, 3.8) is 0 Å². The van der Waals surface area contributed by atoms with Gasteiger partial charge in [-0.25, -0.2) is 15.0 Å². The highest BCUT2D eigenvalue weighted by Gasteiger charge is 2.60. The highest BCUT2D eigenvalue weighted by atomic mass is 79.9. The van der Waals surface area contributed by atoms with Gasteiger partial charge in [0.2, 0.25) is 0 Å². The van der Waals surface area contributed by atoms with Crippen molar-refractivity contribution in [3.8, 4) is 0 Å². The largest absolute Gasteiger partial charge is 0.383 e. The number of nitrogens with two attached hydrogens (primary N) is 2. The Kier molecular flexibility index (Phi) is 5.11. The van der Waals surface area contributed by atoms with E-state index in [2.05, 4.69) is 73.1 Å². The van der Waals surface area contributed by atoms with E-state index in [4.69, 9.17) is 20.9 Å². The lowest BCUT2D eigenvalue weighted by atomic mass is 9.85. The predicted molar refractivity (Wildman–Crippen MR) is 141 cm³/mol. The van der Waals surface area contributed by atoms with Gasteiger partial charge in [-0.05, 0) is 60.3 Å². The van der Waals surface area contributed by atoms with Gasteiger partial charge in [0.05, 0.1) is 22.1 Å². The molecule has 4 N–H and O–H groups in total. The predicted octanol–water partition coefficient (Wildman–Crippen LogP) is 4.33. The van der Waals surface area contributed by atoms with Crippen molar-refractivity contribution in [2.24, 2.45) is 5.41 Å². The second-order valence-electron chi connectivity index (χ2n) is 10.4. The molecule has 0 radical (unpaired) electrons. The number of rotatable bonds is 3. The molecule has 182 valence electrons. The SMILES string of the molecule is CC1(C)O[C@H]2[C@H](N3CCc4c(N)ncnc43)C[C@](C)(/C=C/c3ccc4cc(Br)c(N)nc4c3)[C@H]2O1. The molecule has 2 fully saturated rings. The van der Waals surface area contributed by atoms with Crippen LogP contribution in [-0.2, 0) is 15.9 Å². The molecule has 6 rings (SSSR count). The monoisotopic (exact) mass is 536 g/mol. The number of hydrogen-bond donors (Lipinski definition) is 2. The van der Waals surface area contributed by atoms with E-state index in [1.54, 1.807) is 6.33 Å². The van der Waals surface area contributed by atoms with Crippen LogP contribution in [0.5, 0.6) is 0 Å². The third kappa shape index (κ3) is 3.77. The number of fused-ring (bicyclic) bond motifs is 3. The Morgan fingerprint density at radius 1 is 1.11 bits per heavy atom. The van der Waals surface area contributed by atoms with Crippen molar-refractivity contribution in [1.82, 2.24) is 15.0 Å². The number of aromatic nitrogens is 3. The lowest BCUT2D eigenvalue weighted by Gasteiger charge is -2.32. The average molecular weight is 537 g/mol. The van der Waals surface area contributed by atoms with Gasteiger partial charge in [-0.1, -0.05) is 31.2 Å². The molecule has 4 atom stereocenters. The zero-order valence-electron chi connectivity index (χ0n) is 20.0. The molecule has 2 aromatic heterocycles. The van der Waals surface area contributed by atoms with Gasteiger partial charge in [0.1, 0.15) is 29.9 Å². The van der Waals surface area contributed by atoms with Crippen LogP contribution in [-0.4, -0.2) is 45.5 Å². The van der Waals surface area contributed by atoms with Crippen LogP contribution < -0.4 is 16.4 Å². The summed E-state index contributed by atoms with van der Waals surface area (Å²) in [6.45, 7) is 7.08. The minimum Gasteiger partial charge on any atom is -0.383 e. The summed E-state index contributed by atoms with van der Waals surface area (Å²) in [7, 11) is 0. The molecular weight excluding hydrogens is 508 g/mol. The third-order valence-corrected chi connectivity index (χ3v) is 8.15. The molecule has 1 aliphatic carbocycles. The first-order chi connectivity index (χ1) is 16.6. The number of anilines is 3. The first-order valence-electron chi connectivity index (χ1n) is 11.9.